The maximum atomic E-state index is 12.4. The Morgan fingerprint density at radius 3 is 2.38 bits per heavy atom. The summed E-state index contributed by atoms with van der Waals surface area (Å²) >= 11 is 5.98. The molecule has 1 aromatic carbocycles. The smallest absolute Gasteiger partial charge is 0.308 e. The topological polar surface area (TPSA) is 113 Å². The molecule has 1 aliphatic heterocycles. The molecule has 0 spiro atoms. The maximum Gasteiger partial charge on any atom is 0.308 e. The predicted octanol–water partition coefficient (Wildman–Crippen LogP) is 1.62. The molecule has 1 aromatic rings. The monoisotopic (exact) mass is 461 g/mol. The molecule has 0 saturated carbocycles. The highest BCUT2D eigenvalue weighted by atomic mass is 35.5. The summed E-state index contributed by atoms with van der Waals surface area (Å²) < 4.78 is 4.95. The van der Waals surface area contributed by atoms with E-state index in [4.69, 9.17) is 16.3 Å². The van der Waals surface area contributed by atoms with Gasteiger partial charge in [0.2, 0.25) is 17.7 Å². The maximum absolute atomic E-state index is 12.4. The van der Waals surface area contributed by atoms with Crippen LogP contribution in [0, 0.1) is 11.8 Å². The molecule has 4 amide bonds. The lowest BCUT2D eigenvalue weighted by Gasteiger charge is -2.17. The van der Waals surface area contributed by atoms with Crippen LogP contribution in [-0.2, 0) is 28.7 Å². The molecule has 3 rings (SSSR count). The van der Waals surface area contributed by atoms with Crippen LogP contribution < -0.4 is 5.32 Å². The van der Waals surface area contributed by atoms with Crippen LogP contribution in [0.3, 0.4) is 0 Å². The zero-order chi connectivity index (χ0) is 23.3. The molecule has 1 aliphatic carbocycles. The lowest BCUT2D eigenvalue weighted by molar-refractivity contribution is -0.152. The molecule has 32 heavy (non-hydrogen) atoms. The fraction of sp³-hybridized carbons (Fsp3) is 0.409. The number of halogens is 1. The third-order valence-corrected chi connectivity index (χ3v) is 5.78. The Hall–Kier alpha value is -3.20. The van der Waals surface area contributed by atoms with Crippen LogP contribution in [-0.4, -0.2) is 66.1 Å². The van der Waals surface area contributed by atoms with E-state index in [1.165, 1.54) is 7.05 Å². The average molecular weight is 462 g/mol. The number of benzene rings is 1. The average Bonchev–Trinajstić information content (AvgIpc) is 3.02. The summed E-state index contributed by atoms with van der Waals surface area (Å²) in [4.78, 5) is 63.2. The van der Waals surface area contributed by atoms with Crippen molar-refractivity contribution in [2.45, 2.75) is 19.3 Å². The van der Waals surface area contributed by atoms with Crippen LogP contribution in [0.25, 0.3) is 0 Å². The normalized spacial score (nSPS) is 19.5. The quantitative estimate of drug-likeness (QED) is 0.357. The first kappa shape index (κ1) is 23.5. The summed E-state index contributed by atoms with van der Waals surface area (Å²) in [5, 5.41) is 2.97. The number of nitrogens with zero attached hydrogens (tertiary/aromatic N) is 2. The molecule has 9 nitrogen and oxygen atoms in total. The second kappa shape index (κ2) is 10.4. The van der Waals surface area contributed by atoms with Gasteiger partial charge in [-0.05, 0) is 25.0 Å². The molecule has 10 heteroatoms. The van der Waals surface area contributed by atoms with Crippen molar-refractivity contribution >= 4 is 46.9 Å². The number of fused-ring (bicyclic) bond motifs is 1. The molecule has 0 bridgehead atoms. The predicted molar refractivity (Wildman–Crippen MR) is 115 cm³/mol. The molecular formula is C22H24ClN3O6. The molecule has 1 heterocycles. The molecule has 1 N–H and O–H groups in total. The fourth-order valence-corrected chi connectivity index (χ4v) is 3.86. The van der Waals surface area contributed by atoms with Crippen molar-refractivity contribution in [2.75, 3.05) is 32.1 Å². The zero-order valence-corrected chi connectivity index (χ0v) is 18.3. The van der Waals surface area contributed by atoms with Crippen molar-refractivity contribution in [3.63, 3.8) is 0 Å². The van der Waals surface area contributed by atoms with E-state index in [0.717, 1.165) is 9.80 Å². The first-order valence-corrected chi connectivity index (χ1v) is 10.6. The van der Waals surface area contributed by atoms with Gasteiger partial charge >= 0.3 is 5.97 Å². The molecule has 2 aliphatic rings. The van der Waals surface area contributed by atoms with Gasteiger partial charge in [-0.2, -0.15) is 0 Å². The number of likely N-dealkylation sites (N-methyl/N-ethyl adjacent to an activating group) is 1. The van der Waals surface area contributed by atoms with E-state index < -0.39 is 24.4 Å². The highest BCUT2D eigenvalue weighted by Gasteiger charge is 2.46. The fourth-order valence-electron chi connectivity index (χ4n) is 3.67. The number of carbonyl (C=O) groups excluding carboxylic acids is 5. The Labute approximate surface area is 190 Å². The number of para-hydroxylation sites is 1. The Morgan fingerprint density at radius 1 is 1.12 bits per heavy atom. The summed E-state index contributed by atoms with van der Waals surface area (Å²) in [5.74, 6) is -2.97. The number of rotatable bonds is 8. The Morgan fingerprint density at radius 2 is 1.75 bits per heavy atom. The molecule has 0 radical (unpaired) electrons. The number of esters is 1. The molecular weight excluding hydrogens is 438 g/mol. The van der Waals surface area contributed by atoms with Gasteiger partial charge in [0.1, 0.15) is 0 Å². The lowest BCUT2D eigenvalue weighted by atomic mass is 9.85. The van der Waals surface area contributed by atoms with Crippen LogP contribution in [0.5, 0.6) is 0 Å². The van der Waals surface area contributed by atoms with Crippen LogP contribution in [0.15, 0.2) is 36.4 Å². The molecule has 0 unspecified atom stereocenters. The highest BCUT2D eigenvalue weighted by molar-refractivity contribution is 6.33. The Balaban J connectivity index is 1.39. The number of carbonyl (C=O) groups is 5. The van der Waals surface area contributed by atoms with Crippen LogP contribution >= 0.6 is 11.6 Å². The van der Waals surface area contributed by atoms with Crippen molar-refractivity contribution in [3.05, 3.63) is 41.4 Å². The van der Waals surface area contributed by atoms with Crippen molar-refractivity contribution in [3.8, 4) is 0 Å². The standard InChI is InChI=1S/C22H24ClN3O6/c1-25(12-18(27)24-17-9-5-4-8-16(17)23)19(28)13-32-20(29)10-11-26-21(30)14-6-2-3-7-15(14)22(26)31/h2-5,8-9,14-15H,6-7,10-13H2,1H3,(H,24,27)/t14-,15-/m0/s1. The number of ether oxygens (including phenoxy) is 1. The second-order valence-electron chi connectivity index (χ2n) is 7.67. The van der Waals surface area contributed by atoms with Gasteiger partial charge < -0.3 is 15.0 Å². The van der Waals surface area contributed by atoms with Crippen molar-refractivity contribution < 1.29 is 28.7 Å². The van der Waals surface area contributed by atoms with E-state index in [1.54, 1.807) is 24.3 Å². The first-order valence-electron chi connectivity index (χ1n) is 10.2. The number of imide groups is 1. The summed E-state index contributed by atoms with van der Waals surface area (Å²) in [7, 11) is 1.40. The third kappa shape index (κ3) is 5.53. The highest BCUT2D eigenvalue weighted by Crippen LogP contribution is 2.35. The summed E-state index contributed by atoms with van der Waals surface area (Å²) in [6.45, 7) is -0.880. The Kier molecular flexibility index (Phi) is 7.63. The number of hydrogen-bond acceptors (Lipinski definition) is 6. The second-order valence-corrected chi connectivity index (χ2v) is 8.08. The van der Waals surface area contributed by atoms with E-state index in [9.17, 15) is 24.0 Å². The third-order valence-electron chi connectivity index (χ3n) is 5.45. The Bertz CT molecular complexity index is 937. The van der Waals surface area contributed by atoms with Crippen molar-refractivity contribution in [1.29, 1.82) is 0 Å². The number of anilines is 1. The summed E-state index contributed by atoms with van der Waals surface area (Å²) in [6.07, 6.45) is 4.64. The number of allylic oxidation sites excluding steroid dienone is 2. The minimum atomic E-state index is -0.708. The SMILES string of the molecule is CN(CC(=O)Nc1ccccc1Cl)C(=O)COC(=O)CCN1C(=O)[C@H]2CC=CC[C@@H]2C1=O. The molecule has 1 fully saturated rings. The van der Waals surface area contributed by atoms with Crippen molar-refractivity contribution in [2.24, 2.45) is 11.8 Å². The van der Waals surface area contributed by atoms with Crippen LogP contribution in [0.4, 0.5) is 5.69 Å². The zero-order valence-electron chi connectivity index (χ0n) is 17.6. The minimum absolute atomic E-state index is 0.0756. The summed E-state index contributed by atoms with van der Waals surface area (Å²) in [5.41, 5.74) is 0.424. The number of amides is 4. The molecule has 2 atom stereocenters. The largest absolute Gasteiger partial charge is 0.456 e. The number of hydrogen-bond donors (Lipinski definition) is 1. The van der Waals surface area contributed by atoms with Gasteiger partial charge in [0, 0.05) is 13.6 Å². The van der Waals surface area contributed by atoms with Gasteiger partial charge in [-0.25, -0.2) is 0 Å². The lowest BCUT2D eigenvalue weighted by Crippen LogP contribution is -2.38. The summed E-state index contributed by atoms with van der Waals surface area (Å²) in [6, 6.07) is 6.69. The van der Waals surface area contributed by atoms with E-state index >= 15 is 0 Å². The van der Waals surface area contributed by atoms with Gasteiger partial charge in [-0.3, -0.25) is 28.9 Å². The van der Waals surface area contributed by atoms with Crippen LogP contribution in [0.2, 0.25) is 5.02 Å². The van der Waals surface area contributed by atoms with E-state index in [0.29, 0.717) is 23.6 Å². The van der Waals surface area contributed by atoms with Gasteiger partial charge in [0.15, 0.2) is 6.61 Å². The molecule has 0 aromatic heterocycles. The van der Waals surface area contributed by atoms with Crippen molar-refractivity contribution in [1.82, 2.24) is 9.80 Å². The number of likely N-dealkylation sites (tertiary alicyclic amines) is 1. The molecule has 1 saturated heterocycles. The minimum Gasteiger partial charge on any atom is -0.456 e. The van der Waals surface area contributed by atoms with Gasteiger partial charge in [-0.1, -0.05) is 35.9 Å². The van der Waals surface area contributed by atoms with Gasteiger partial charge in [-0.15, -0.1) is 0 Å². The van der Waals surface area contributed by atoms with E-state index in [1.807, 2.05) is 12.2 Å². The first-order chi connectivity index (χ1) is 15.3. The van der Waals surface area contributed by atoms with E-state index in [-0.39, 0.29) is 43.2 Å². The van der Waals surface area contributed by atoms with E-state index in [2.05, 4.69) is 5.32 Å². The molecule has 170 valence electrons. The number of nitrogens with one attached hydrogen (secondary N) is 1. The van der Waals surface area contributed by atoms with Gasteiger partial charge in [0.25, 0.3) is 5.91 Å². The van der Waals surface area contributed by atoms with Gasteiger partial charge in [0.05, 0.1) is 35.5 Å². The van der Waals surface area contributed by atoms with Crippen LogP contribution in [0.1, 0.15) is 19.3 Å².